The van der Waals surface area contributed by atoms with E-state index in [1.54, 1.807) is 6.92 Å². The highest BCUT2D eigenvalue weighted by atomic mass is 32.2. The van der Waals surface area contributed by atoms with E-state index in [9.17, 15) is 13.2 Å². The van der Waals surface area contributed by atoms with Crippen LogP contribution >= 0.6 is 0 Å². The van der Waals surface area contributed by atoms with Crippen LogP contribution in [-0.4, -0.2) is 20.8 Å². The van der Waals surface area contributed by atoms with Crippen molar-refractivity contribution < 1.29 is 17.4 Å². The minimum Gasteiger partial charge on any atom is -0.294 e. The van der Waals surface area contributed by atoms with Crippen molar-refractivity contribution in [1.29, 1.82) is 0 Å². The molecule has 0 spiro atoms. The summed E-state index contributed by atoms with van der Waals surface area (Å²) in [4.78, 5) is 10.7. The molecule has 0 aromatic carbocycles. The molecule has 5 heteroatoms. The fourth-order valence-electron chi connectivity index (χ4n) is 0.426. The zero-order valence-electron chi connectivity index (χ0n) is 6.20. The zero-order valence-corrected chi connectivity index (χ0v) is 7.10. The minimum atomic E-state index is -2.83. The Balaban J connectivity index is 3.55. The molecule has 0 N–H and O–H groups in total. The Labute approximate surface area is 67.0 Å². The van der Waals surface area contributed by atoms with E-state index in [1.807, 2.05) is 0 Å². The van der Waals surface area contributed by atoms with Gasteiger partial charge in [-0.15, -0.1) is 0 Å². The van der Waals surface area contributed by atoms with Gasteiger partial charge in [-0.05, 0) is 12.5 Å². The molecule has 0 aliphatic rings. The van der Waals surface area contributed by atoms with E-state index in [0.29, 0.717) is 5.57 Å². The van der Waals surface area contributed by atoms with Gasteiger partial charge < -0.3 is 0 Å². The number of carbonyl (C=O) groups excluding carboxylic acids is 1. The SMILES string of the molecule is C=C(C)C(=O)CCO[SH](=O)=O. The summed E-state index contributed by atoms with van der Waals surface area (Å²) in [6, 6.07) is 0. The Hall–Kier alpha value is -0.680. The van der Waals surface area contributed by atoms with E-state index >= 15 is 0 Å². The monoisotopic (exact) mass is 178 g/mol. The molecule has 0 saturated heterocycles. The summed E-state index contributed by atoms with van der Waals surface area (Å²) in [7, 11) is -2.83. The van der Waals surface area contributed by atoms with Crippen LogP contribution in [0.4, 0.5) is 0 Å². The quantitative estimate of drug-likeness (QED) is 0.478. The average molecular weight is 178 g/mol. The van der Waals surface area contributed by atoms with Crippen LogP contribution in [0.25, 0.3) is 0 Å². The Morgan fingerprint density at radius 2 is 2.09 bits per heavy atom. The van der Waals surface area contributed by atoms with Crippen LogP contribution in [0.5, 0.6) is 0 Å². The van der Waals surface area contributed by atoms with Crippen molar-refractivity contribution in [2.24, 2.45) is 0 Å². The second-order valence-electron chi connectivity index (χ2n) is 2.01. The first kappa shape index (κ1) is 10.3. The Morgan fingerprint density at radius 3 is 2.45 bits per heavy atom. The van der Waals surface area contributed by atoms with E-state index in [-0.39, 0.29) is 18.8 Å². The van der Waals surface area contributed by atoms with E-state index in [0.717, 1.165) is 0 Å². The number of carbonyl (C=O) groups is 1. The first-order chi connectivity index (χ1) is 5.04. The second-order valence-corrected chi connectivity index (χ2v) is 2.72. The number of rotatable bonds is 5. The molecular formula is C6H10O4S. The van der Waals surface area contributed by atoms with Gasteiger partial charge in [0.25, 0.3) is 11.0 Å². The van der Waals surface area contributed by atoms with Gasteiger partial charge in [0.1, 0.15) is 0 Å². The molecule has 0 bridgehead atoms. The van der Waals surface area contributed by atoms with E-state index < -0.39 is 11.0 Å². The molecule has 0 amide bonds. The summed E-state index contributed by atoms with van der Waals surface area (Å²) in [6.45, 7) is 4.87. The maximum absolute atomic E-state index is 10.7. The molecule has 0 saturated carbocycles. The van der Waals surface area contributed by atoms with Crippen molar-refractivity contribution in [2.75, 3.05) is 6.61 Å². The third-order valence-corrected chi connectivity index (χ3v) is 1.40. The third kappa shape index (κ3) is 5.75. The van der Waals surface area contributed by atoms with Crippen LogP contribution in [0.15, 0.2) is 12.2 Å². The molecule has 0 atom stereocenters. The van der Waals surface area contributed by atoms with E-state index in [4.69, 9.17) is 0 Å². The summed E-state index contributed by atoms with van der Waals surface area (Å²) in [5.74, 6) is -0.179. The number of hydrogen-bond donors (Lipinski definition) is 1. The van der Waals surface area contributed by atoms with Crippen molar-refractivity contribution in [3.05, 3.63) is 12.2 Å². The highest BCUT2D eigenvalue weighted by Gasteiger charge is 2.01. The van der Waals surface area contributed by atoms with Gasteiger partial charge in [0, 0.05) is 6.42 Å². The largest absolute Gasteiger partial charge is 0.294 e. The van der Waals surface area contributed by atoms with Crippen molar-refractivity contribution in [3.63, 3.8) is 0 Å². The van der Waals surface area contributed by atoms with Gasteiger partial charge in [-0.3, -0.25) is 8.98 Å². The van der Waals surface area contributed by atoms with Crippen molar-refractivity contribution in [3.8, 4) is 0 Å². The van der Waals surface area contributed by atoms with Crippen molar-refractivity contribution in [2.45, 2.75) is 13.3 Å². The maximum Gasteiger partial charge on any atom is 0.257 e. The molecule has 0 unspecified atom stereocenters. The minimum absolute atomic E-state index is 0.0681. The summed E-state index contributed by atoms with van der Waals surface area (Å²) in [5.41, 5.74) is 0.412. The van der Waals surface area contributed by atoms with Gasteiger partial charge in [-0.2, -0.15) is 0 Å². The molecule has 64 valence electrons. The van der Waals surface area contributed by atoms with Gasteiger partial charge in [0.2, 0.25) is 0 Å². The highest BCUT2D eigenvalue weighted by Crippen LogP contribution is 1.95. The van der Waals surface area contributed by atoms with Gasteiger partial charge in [0.15, 0.2) is 5.78 Å². The number of hydrogen-bond acceptors (Lipinski definition) is 4. The molecule has 0 aromatic rings. The van der Waals surface area contributed by atoms with E-state index in [2.05, 4.69) is 10.8 Å². The Kier molecular flexibility index (Phi) is 4.72. The molecule has 4 nitrogen and oxygen atoms in total. The lowest BCUT2D eigenvalue weighted by atomic mass is 10.2. The lowest BCUT2D eigenvalue weighted by Gasteiger charge is -1.95. The van der Waals surface area contributed by atoms with Crippen LogP contribution in [0.2, 0.25) is 0 Å². The second kappa shape index (κ2) is 5.03. The first-order valence-corrected chi connectivity index (χ1v) is 4.09. The third-order valence-electron chi connectivity index (χ3n) is 1.00. The molecule has 0 fully saturated rings. The van der Waals surface area contributed by atoms with Crippen LogP contribution in [0, 0.1) is 0 Å². The van der Waals surface area contributed by atoms with Crippen LogP contribution in [0.1, 0.15) is 13.3 Å². The molecule has 0 aliphatic heterocycles. The molecular weight excluding hydrogens is 168 g/mol. The molecule has 0 heterocycles. The van der Waals surface area contributed by atoms with E-state index in [1.165, 1.54) is 0 Å². The van der Waals surface area contributed by atoms with Crippen molar-refractivity contribution >= 4 is 16.8 Å². The average Bonchev–Trinajstić information content (AvgIpc) is 1.86. The summed E-state index contributed by atoms with van der Waals surface area (Å²) in [6.07, 6.45) is 0.0681. The van der Waals surface area contributed by atoms with Crippen LogP contribution in [-0.2, 0) is 20.0 Å². The predicted octanol–water partition coefficient (Wildman–Crippen LogP) is 0.0647. The van der Waals surface area contributed by atoms with Gasteiger partial charge in [-0.25, -0.2) is 8.42 Å². The molecule has 0 aliphatic carbocycles. The topological polar surface area (TPSA) is 60.4 Å². The molecule has 0 rings (SSSR count). The van der Waals surface area contributed by atoms with Gasteiger partial charge in [0.05, 0.1) is 6.61 Å². The maximum atomic E-state index is 10.7. The summed E-state index contributed by atoms with van der Waals surface area (Å²) < 4.78 is 23.8. The van der Waals surface area contributed by atoms with Gasteiger partial charge >= 0.3 is 0 Å². The summed E-state index contributed by atoms with van der Waals surface area (Å²) >= 11 is 0. The number of thiol groups is 1. The lowest BCUT2D eigenvalue weighted by molar-refractivity contribution is -0.115. The lowest BCUT2D eigenvalue weighted by Crippen LogP contribution is -2.03. The predicted molar refractivity (Wildman–Crippen MR) is 40.7 cm³/mol. The fourth-order valence-corrected chi connectivity index (χ4v) is 0.667. The molecule has 11 heavy (non-hydrogen) atoms. The number of allylic oxidation sites excluding steroid dienone is 1. The first-order valence-electron chi connectivity index (χ1n) is 3.00. The summed E-state index contributed by atoms with van der Waals surface area (Å²) in [5, 5.41) is 0. The molecule has 0 radical (unpaired) electrons. The smallest absolute Gasteiger partial charge is 0.257 e. The van der Waals surface area contributed by atoms with Gasteiger partial charge in [-0.1, -0.05) is 6.58 Å². The zero-order chi connectivity index (χ0) is 8.85. The van der Waals surface area contributed by atoms with Crippen molar-refractivity contribution in [1.82, 2.24) is 0 Å². The Morgan fingerprint density at radius 1 is 1.55 bits per heavy atom. The van der Waals surface area contributed by atoms with Crippen LogP contribution in [0.3, 0.4) is 0 Å². The number of Topliss-reactive ketones (excluding diaryl/α,β-unsaturated/α-hetero) is 1. The molecule has 0 aromatic heterocycles. The standard InChI is InChI=1S/C6H10O4S/c1-5(2)6(7)3-4-10-11(8)9/h11H,1,3-4H2,2H3. The number of ketones is 1. The normalized spacial score (nSPS) is 10.0. The fraction of sp³-hybridized carbons (Fsp3) is 0.500. The Bertz CT molecular complexity index is 221. The van der Waals surface area contributed by atoms with Crippen LogP contribution < -0.4 is 0 Å². The highest BCUT2D eigenvalue weighted by molar-refractivity contribution is 7.67.